The fourth-order valence-corrected chi connectivity index (χ4v) is 3.67. The molecule has 1 unspecified atom stereocenters. The van der Waals surface area contributed by atoms with E-state index in [2.05, 4.69) is 64.3 Å². The molecule has 0 aliphatic rings. The highest BCUT2D eigenvalue weighted by molar-refractivity contribution is 7.09. The number of ether oxygens (including phenoxy) is 2. The van der Waals surface area contributed by atoms with Gasteiger partial charge in [-0.3, -0.25) is 4.99 Å². The maximum absolute atomic E-state index is 5.65. The minimum atomic E-state index is 0.550. The van der Waals surface area contributed by atoms with Gasteiger partial charge in [0.05, 0.1) is 19.8 Å². The Morgan fingerprint density at radius 1 is 1.11 bits per heavy atom. The maximum Gasteiger partial charge on any atom is 0.191 e. The first-order valence-electron chi connectivity index (χ1n) is 9.91. The van der Waals surface area contributed by atoms with E-state index >= 15 is 0 Å². The molecule has 2 aromatic rings. The van der Waals surface area contributed by atoms with Crippen LogP contribution in [0.25, 0.3) is 0 Å². The lowest BCUT2D eigenvalue weighted by molar-refractivity contribution is 0.0453. The van der Waals surface area contributed by atoms with Crippen LogP contribution in [0.15, 0.2) is 46.8 Å². The largest absolute Gasteiger partial charge is 0.379 e. The molecule has 1 heterocycles. The molecule has 2 rings (SSSR count). The summed E-state index contributed by atoms with van der Waals surface area (Å²) in [5.74, 6) is 1.38. The van der Waals surface area contributed by atoms with Gasteiger partial charge >= 0.3 is 0 Å². The second-order valence-electron chi connectivity index (χ2n) is 6.76. The topological polar surface area (TPSA) is 54.9 Å². The van der Waals surface area contributed by atoms with Gasteiger partial charge in [-0.1, -0.05) is 37.3 Å². The van der Waals surface area contributed by atoms with Crippen LogP contribution in [0.2, 0.25) is 0 Å². The molecule has 0 saturated heterocycles. The van der Waals surface area contributed by atoms with Gasteiger partial charge in [0, 0.05) is 31.6 Å². The first kappa shape index (κ1) is 22.4. The fraction of sp³-hybridized carbons (Fsp3) is 0.500. The van der Waals surface area contributed by atoms with Crippen molar-refractivity contribution in [3.63, 3.8) is 0 Å². The molecule has 154 valence electrons. The van der Waals surface area contributed by atoms with Gasteiger partial charge in [0.15, 0.2) is 5.96 Å². The number of hydrogen-bond acceptors (Lipinski definition) is 4. The van der Waals surface area contributed by atoms with E-state index in [1.165, 1.54) is 16.0 Å². The number of nitrogens with one attached hydrogen (secondary N) is 2. The highest BCUT2D eigenvalue weighted by Gasteiger charge is 2.06. The maximum atomic E-state index is 5.65. The third-order valence-electron chi connectivity index (χ3n) is 4.27. The first-order chi connectivity index (χ1) is 13.7. The number of nitrogens with zero attached hydrogens (tertiary/aromatic N) is 1. The number of hydrogen-bond donors (Lipinski definition) is 2. The molecule has 0 radical (unpaired) electrons. The van der Waals surface area contributed by atoms with Crippen molar-refractivity contribution in [3.8, 4) is 0 Å². The third kappa shape index (κ3) is 8.87. The summed E-state index contributed by atoms with van der Waals surface area (Å²) in [6.45, 7) is 8.47. The van der Waals surface area contributed by atoms with Gasteiger partial charge in [0.1, 0.15) is 0 Å². The quantitative estimate of drug-likeness (QED) is 0.321. The van der Waals surface area contributed by atoms with Crippen molar-refractivity contribution in [2.24, 2.45) is 10.9 Å². The molecule has 1 atom stereocenters. The Bertz CT molecular complexity index is 689. The van der Waals surface area contributed by atoms with Crippen LogP contribution in [0.1, 0.15) is 29.9 Å². The molecule has 0 fully saturated rings. The molecule has 0 aliphatic carbocycles. The Morgan fingerprint density at radius 3 is 2.68 bits per heavy atom. The van der Waals surface area contributed by atoms with Crippen molar-refractivity contribution in [2.75, 3.05) is 33.4 Å². The van der Waals surface area contributed by atoms with Crippen molar-refractivity contribution in [1.29, 1.82) is 0 Å². The smallest absolute Gasteiger partial charge is 0.191 e. The second-order valence-corrected chi connectivity index (χ2v) is 7.80. The van der Waals surface area contributed by atoms with Gasteiger partial charge in [-0.2, -0.15) is 0 Å². The predicted octanol–water partition coefficient (Wildman–Crippen LogP) is 3.85. The van der Waals surface area contributed by atoms with E-state index in [1.807, 2.05) is 25.3 Å². The summed E-state index contributed by atoms with van der Waals surface area (Å²) < 4.78 is 10.9. The molecule has 5 nitrogen and oxygen atoms in total. The molecular formula is C22H33N3O2S. The minimum Gasteiger partial charge on any atom is -0.379 e. The number of benzene rings is 1. The van der Waals surface area contributed by atoms with Crippen LogP contribution in [-0.2, 0) is 29.0 Å². The molecule has 28 heavy (non-hydrogen) atoms. The summed E-state index contributed by atoms with van der Waals surface area (Å²) in [5, 5.41) is 8.95. The molecule has 6 heteroatoms. The van der Waals surface area contributed by atoms with Crippen molar-refractivity contribution >= 4 is 17.3 Å². The zero-order valence-electron chi connectivity index (χ0n) is 17.2. The fourth-order valence-electron chi connectivity index (χ4n) is 2.80. The summed E-state index contributed by atoms with van der Waals surface area (Å²) in [5.41, 5.74) is 2.38. The summed E-state index contributed by atoms with van der Waals surface area (Å²) in [4.78, 5) is 5.76. The standard InChI is InChI=1S/C22H33N3O2S/c1-4-26-10-11-27-17-20-8-5-7-19(14-20)16-25-22(23-3)24-15-18(2)13-21-9-6-12-28-21/h5-9,12,14,18H,4,10-11,13,15-17H2,1-3H3,(H2,23,24,25). The van der Waals surface area contributed by atoms with E-state index in [-0.39, 0.29) is 0 Å². The van der Waals surface area contributed by atoms with Crippen molar-refractivity contribution in [1.82, 2.24) is 10.6 Å². The summed E-state index contributed by atoms with van der Waals surface area (Å²) in [7, 11) is 1.81. The van der Waals surface area contributed by atoms with E-state index in [0.29, 0.717) is 25.7 Å². The number of thiophene rings is 1. The molecule has 0 saturated carbocycles. The van der Waals surface area contributed by atoms with Gasteiger partial charge in [-0.25, -0.2) is 0 Å². The van der Waals surface area contributed by atoms with E-state index in [9.17, 15) is 0 Å². The summed E-state index contributed by atoms with van der Waals surface area (Å²) in [6, 6.07) is 12.7. The monoisotopic (exact) mass is 403 g/mol. The highest BCUT2D eigenvalue weighted by atomic mass is 32.1. The number of rotatable bonds is 12. The van der Waals surface area contributed by atoms with Gasteiger partial charge in [-0.15, -0.1) is 11.3 Å². The zero-order valence-corrected chi connectivity index (χ0v) is 18.1. The van der Waals surface area contributed by atoms with Gasteiger partial charge in [0.2, 0.25) is 0 Å². The Balaban J connectivity index is 1.71. The second kappa shape index (κ2) is 13.3. The van der Waals surface area contributed by atoms with Crippen LogP contribution in [-0.4, -0.2) is 39.4 Å². The van der Waals surface area contributed by atoms with Gasteiger partial charge < -0.3 is 20.1 Å². The van der Waals surface area contributed by atoms with Crippen molar-refractivity contribution in [2.45, 2.75) is 33.4 Å². The lowest BCUT2D eigenvalue weighted by Crippen LogP contribution is -2.39. The molecular weight excluding hydrogens is 370 g/mol. The lowest BCUT2D eigenvalue weighted by atomic mass is 10.1. The van der Waals surface area contributed by atoms with E-state index in [0.717, 1.165) is 32.1 Å². The molecule has 0 spiro atoms. The molecule has 0 bridgehead atoms. The third-order valence-corrected chi connectivity index (χ3v) is 5.17. The molecule has 0 aliphatic heterocycles. The average molecular weight is 404 g/mol. The molecule has 2 N–H and O–H groups in total. The number of guanidine groups is 1. The van der Waals surface area contributed by atoms with Gasteiger partial charge in [-0.05, 0) is 41.8 Å². The zero-order chi connectivity index (χ0) is 20.0. The number of aliphatic imine (C=N–C) groups is 1. The van der Waals surface area contributed by atoms with Crippen molar-refractivity contribution in [3.05, 3.63) is 57.8 Å². The lowest BCUT2D eigenvalue weighted by Gasteiger charge is -2.16. The Hall–Kier alpha value is -1.89. The SMILES string of the molecule is CCOCCOCc1cccc(CNC(=NC)NCC(C)Cc2cccs2)c1. The van der Waals surface area contributed by atoms with E-state index in [4.69, 9.17) is 9.47 Å². The summed E-state index contributed by atoms with van der Waals surface area (Å²) >= 11 is 1.82. The van der Waals surface area contributed by atoms with Gasteiger partial charge in [0.25, 0.3) is 0 Å². The molecule has 1 aromatic heterocycles. The van der Waals surface area contributed by atoms with Crippen molar-refractivity contribution < 1.29 is 9.47 Å². The normalized spacial score (nSPS) is 12.8. The Morgan fingerprint density at radius 2 is 1.93 bits per heavy atom. The predicted molar refractivity (Wildman–Crippen MR) is 118 cm³/mol. The molecule has 0 amide bonds. The Kier molecular flexibility index (Phi) is 10.7. The minimum absolute atomic E-state index is 0.550. The van der Waals surface area contributed by atoms with Crippen LogP contribution < -0.4 is 10.6 Å². The van der Waals surface area contributed by atoms with E-state index < -0.39 is 0 Å². The average Bonchev–Trinajstić information content (AvgIpc) is 3.21. The first-order valence-corrected chi connectivity index (χ1v) is 10.8. The Labute approximate surface area is 173 Å². The summed E-state index contributed by atoms with van der Waals surface area (Å²) in [6.07, 6.45) is 1.09. The van der Waals surface area contributed by atoms with Crippen LogP contribution in [0.5, 0.6) is 0 Å². The highest BCUT2D eigenvalue weighted by Crippen LogP contribution is 2.13. The molecule has 1 aromatic carbocycles. The van der Waals surface area contributed by atoms with Crippen LogP contribution in [0, 0.1) is 5.92 Å². The van der Waals surface area contributed by atoms with Crippen LogP contribution in [0.4, 0.5) is 0 Å². The van der Waals surface area contributed by atoms with E-state index in [1.54, 1.807) is 0 Å². The van der Waals surface area contributed by atoms with Crippen LogP contribution >= 0.6 is 11.3 Å². The van der Waals surface area contributed by atoms with Crippen LogP contribution in [0.3, 0.4) is 0 Å².